The normalized spacial score (nSPS) is 19.0. The zero-order valence-electron chi connectivity index (χ0n) is 16.8. The minimum absolute atomic E-state index is 0.0130. The fraction of sp³-hybridized carbons (Fsp3) is 0.435. The second kappa shape index (κ2) is 8.33. The molecule has 148 valence electrons. The molecule has 0 radical (unpaired) electrons. The van der Waals surface area contributed by atoms with Crippen molar-refractivity contribution in [3.63, 3.8) is 0 Å². The van der Waals surface area contributed by atoms with E-state index < -0.39 is 0 Å². The summed E-state index contributed by atoms with van der Waals surface area (Å²) in [6.07, 6.45) is 3.23. The van der Waals surface area contributed by atoms with Crippen LogP contribution in [0.5, 0.6) is 0 Å². The molecule has 0 aliphatic carbocycles. The number of urea groups is 1. The zero-order valence-corrected chi connectivity index (χ0v) is 16.8. The number of hydrogen-bond acceptors (Lipinski definition) is 3. The molecule has 0 aromatic heterocycles. The molecular formula is C23H29N3O2. The average molecular weight is 380 g/mol. The SMILES string of the molecule is CN(C)Cc1ccc([C@H]2CCCCN2C(=O)Nc2ccc3c(c2)COC3)cc1. The molecule has 2 aromatic carbocycles. The van der Waals surface area contributed by atoms with Gasteiger partial charge in [-0.05, 0) is 67.7 Å². The number of benzene rings is 2. The van der Waals surface area contributed by atoms with Crippen LogP contribution in [0.2, 0.25) is 0 Å². The predicted molar refractivity (Wildman–Crippen MR) is 111 cm³/mol. The Balaban J connectivity index is 1.47. The van der Waals surface area contributed by atoms with E-state index in [1.165, 1.54) is 22.3 Å². The van der Waals surface area contributed by atoms with Crippen molar-refractivity contribution in [2.75, 3.05) is 26.0 Å². The largest absolute Gasteiger partial charge is 0.372 e. The molecule has 5 nitrogen and oxygen atoms in total. The molecule has 4 rings (SSSR count). The van der Waals surface area contributed by atoms with Gasteiger partial charge in [-0.3, -0.25) is 0 Å². The molecule has 2 aromatic rings. The van der Waals surface area contributed by atoms with Crippen molar-refractivity contribution in [3.05, 3.63) is 64.7 Å². The molecule has 0 unspecified atom stereocenters. The summed E-state index contributed by atoms with van der Waals surface area (Å²) < 4.78 is 5.47. The monoisotopic (exact) mass is 379 g/mol. The fourth-order valence-corrected chi connectivity index (χ4v) is 4.18. The molecule has 0 saturated carbocycles. The number of nitrogens with zero attached hydrogens (tertiary/aromatic N) is 2. The van der Waals surface area contributed by atoms with Gasteiger partial charge in [0.1, 0.15) is 0 Å². The standard InChI is InChI=1S/C23H29N3O2/c1-25(2)14-17-6-8-18(9-7-17)22-5-3-4-12-26(22)23(27)24-21-11-10-19-15-28-16-20(19)13-21/h6-11,13,22H,3-5,12,14-16H2,1-2H3,(H,24,27)/t22-/m1/s1. The molecule has 2 aliphatic heterocycles. The fourth-order valence-electron chi connectivity index (χ4n) is 4.18. The highest BCUT2D eigenvalue weighted by Crippen LogP contribution is 2.32. The maximum Gasteiger partial charge on any atom is 0.322 e. The second-order valence-corrected chi connectivity index (χ2v) is 8.09. The average Bonchev–Trinajstić information content (AvgIpc) is 3.16. The predicted octanol–water partition coefficient (Wildman–Crippen LogP) is 4.54. The zero-order chi connectivity index (χ0) is 19.5. The van der Waals surface area contributed by atoms with E-state index in [1.807, 2.05) is 17.0 Å². The van der Waals surface area contributed by atoms with Crippen molar-refractivity contribution in [2.45, 2.75) is 45.1 Å². The van der Waals surface area contributed by atoms with Crippen molar-refractivity contribution in [3.8, 4) is 0 Å². The van der Waals surface area contributed by atoms with Crippen LogP contribution in [0.15, 0.2) is 42.5 Å². The lowest BCUT2D eigenvalue weighted by atomic mass is 9.95. The number of rotatable bonds is 4. The molecule has 2 heterocycles. The van der Waals surface area contributed by atoms with Crippen molar-refractivity contribution >= 4 is 11.7 Å². The molecule has 1 atom stereocenters. The van der Waals surface area contributed by atoms with Crippen molar-refractivity contribution < 1.29 is 9.53 Å². The van der Waals surface area contributed by atoms with Crippen LogP contribution in [-0.2, 0) is 24.5 Å². The molecular weight excluding hydrogens is 350 g/mol. The number of nitrogens with one attached hydrogen (secondary N) is 1. The first-order valence-corrected chi connectivity index (χ1v) is 10.1. The minimum Gasteiger partial charge on any atom is -0.372 e. The van der Waals surface area contributed by atoms with E-state index in [2.05, 4.69) is 54.6 Å². The van der Waals surface area contributed by atoms with Gasteiger partial charge in [-0.15, -0.1) is 0 Å². The summed E-state index contributed by atoms with van der Waals surface area (Å²) in [5.41, 5.74) is 5.75. The summed E-state index contributed by atoms with van der Waals surface area (Å²) in [7, 11) is 4.15. The molecule has 1 fully saturated rings. The topological polar surface area (TPSA) is 44.8 Å². The van der Waals surface area contributed by atoms with Gasteiger partial charge < -0.3 is 19.9 Å². The van der Waals surface area contributed by atoms with Crippen molar-refractivity contribution in [2.24, 2.45) is 0 Å². The van der Waals surface area contributed by atoms with Gasteiger partial charge >= 0.3 is 6.03 Å². The van der Waals surface area contributed by atoms with Crippen LogP contribution in [0.4, 0.5) is 10.5 Å². The lowest BCUT2D eigenvalue weighted by Gasteiger charge is -2.36. The van der Waals surface area contributed by atoms with Gasteiger partial charge in [0, 0.05) is 18.8 Å². The van der Waals surface area contributed by atoms with Crippen LogP contribution in [-0.4, -0.2) is 36.5 Å². The van der Waals surface area contributed by atoms with E-state index in [0.717, 1.165) is 38.0 Å². The van der Waals surface area contributed by atoms with Gasteiger partial charge in [0.05, 0.1) is 19.3 Å². The Morgan fingerprint density at radius 3 is 2.68 bits per heavy atom. The second-order valence-electron chi connectivity index (χ2n) is 8.09. The molecule has 1 N–H and O–H groups in total. The first-order valence-electron chi connectivity index (χ1n) is 10.1. The molecule has 5 heteroatoms. The summed E-state index contributed by atoms with van der Waals surface area (Å²) in [6.45, 7) is 3.02. The van der Waals surface area contributed by atoms with Crippen molar-refractivity contribution in [1.29, 1.82) is 0 Å². The van der Waals surface area contributed by atoms with Gasteiger partial charge in [0.2, 0.25) is 0 Å². The van der Waals surface area contributed by atoms with E-state index in [1.54, 1.807) is 0 Å². The highest BCUT2D eigenvalue weighted by atomic mass is 16.5. The van der Waals surface area contributed by atoms with Crippen LogP contribution in [0, 0.1) is 0 Å². The summed E-state index contributed by atoms with van der Waals surface area (Å²) in [4.78, 5) is 17.2. The summed E-state index contributed by atoms with van der Waals surface area (Å²) in [6, 6.07) is 14.9. The van der Waals surface area contributed by atoms with Gasteiger partial charge in [-0.25, -0.2) is 4.79 Å². The molecule has 1 saturated heterocycles. The van der Waals surface area contributed by atoms with Crippen LogP contribution < -0.4 is 5.32 Å². The lowest BCUT2D eigenvalue weighted by molar-refractivity contribution is 0.134. The third kappa shape index (κ3) is 4.21. The number of hydrogen-bond donors (Lipinski definition) is 1. The Hall–Kier alpha value is -2.37. The van der Waals surface area contributed by atoms with Crippen LogP contribution >= 0.6 is 0 Å². The third-order valence-corrected chi connectivity index (χ3v) is 5.60. The highest BCUT2D eigenvalue weighted by molar-refractivity contribution is 5.89. The Kier molecular flexibility index (Phi) is 5.64. The highest BCUT2D eigenvalue weighted by Gasteiger charge is 2.28. The van der Waals surface area contributed by atoms with E-state index in [-0.39, 0.29) is 12.1 Å². The number of fused-ring (bicyclic) bond motifs is 1. The quantitative estimate of drug-likeness (QED) is 0.848. The van der Waals surface area contributed by atoms with Gasteiger partial charge in [-0.2, -0.15) is 0 Å². The molecule has 28 heavy (non-hydrogen) atoms. The smallest absolute Gasteiger partial charge is 0.322 e. The first-order chi connectivity index (χ1) is 13.6. The van der Waals surface area contributed by atoms with Crippen LogP contribution in [0.25, 0.3) is 0 Å². The molecule has 2 aliphatic rings. The van der Waals surface area contributed by atoms with Crippen LogP contribution in [0.1, 0.15) is 47.6 Å². The minimum atomic E-state index is -0.0130. The third-order valence-electron chi connectivity index (χ3n) is 5.60. The Labute approximate surface area is 167 Å². The number of ether oxygens (including phenoxy) is 1. The maximum absolute atomic E-state index is 13.0. The number of amides is 2. The Morgan fingerprint density at radius 1 is 1.11 bits per heavy atom. The maximum atomic E-state index is 13.0. The van der Waals surface area contributed by atoms with E-state index in [4.69, 9.17) is 4.74 Å². The molecule has 0 spiro atoms. The van der Waals surface area contributed by atoms with Gasteiger partial charge in [-0.1, -0.05) is 30.3 Å². The van der Waals surface area contributed by atoms with Gasteiger partial charge in [0.15, 0.2) is 0 Å². The first kappa shape index (κ1) is 19.0. The van der Waals surface area contributed by atoms with Crippen LogP contribution in [0.3, 0.4) is 0 Å². The number of anilines is 1. The number of carbonyl (C=O) groups is 1. The number of piperidine rings is 1. The van der Waals surface area contributed by atoms with Crippen molar-refractivity contribution in [1.82, 2.24) is 9.80 Å². The summed E-state index contributed by atoms with van der Waals surface area (Å²) in [5.74, 6) is 0. The molecule has 2 amide bonds. The lowest BCUT2D eigenvalue weighted by Crippen LogP contribution is -2.41. The number of carbonyl (C=O) groups excluding carboxylic acids is 1. The Bertz CT molecular complexity index is 832. The Morgan fingerprint density at radius 2 is 1.89 bits per heavy atom. The van der Waals surface area contributed by atoms with E-state index >= 15 is 0 Å². The number of likely N-dealkylation sites (tertiary alicyclic amines) is 1. The summed E-state index contributed by atoms with van der Waals surface area (Å²) in [5, 5.41) is 3.10. The summed E-state index contributed by atoms with van der Waals surface area (Å²) >= 11 is 0. The van der Waals surface area contributed by atoms with Gasteiger partial charge in [0.25, 0.3) is 0 Å². The molecule has 0 bridgehead atoms. The van der Waals surface area contributed by atoms with E-state index in [0.29, 0.717) is 13.2 Å². The van der Waals surface area contributed by atoms with E-state index in [9.17, 15) is 4.79 Å².